The number of nitrogen functional groups attached to an aromatic ring is 1. The number of nitrogens with zero attached hydrogens (tertiary/aromatic N) is 1. The standard InChI is InChI=1S/C21H28N2O4/c1-21(2,3)27-20(24)23(15-16-6-5-7-17(22)14-16)12-13-26-19-10-8-18(25-4)9-11-19/h5-11,14H,12-13,15,22H2,1-4H3. The van der Waals surface area contributed by atoms with Crippen LogP contribution in [0.4, 0.5) is 10.5 Å². The van der Waals surface area contributed by atoms with E-state index in [1.165, 1.54) is 0 Å². The van der Waals surface area contributed by atoms with Gasteiger partial charge >= 0.3 is 6.09 Å². The monoisotopic (exact) mass is 372 g/mol. The van der Waals surface area contributed by atoms with Crippen molar-refractivity contribution in [2.24, 2.45) is 0 Å². The fourth-order valence-corrected chi connectivity index (χ4v) is 2.42. The maximum Gasteiger partial charge on any atom is 0.410 e. The molecule has 2 aromatic carbocycles. The van der Waals surface area contributed by atoms with Crippen LogP contribution in [0.3, 0.4) is 0 Å². The summed E-state index contributed by atoms with van der Waals surface area (Å²) in [7, 11) is 1.62. The van der Waals surface area contributed by atoms with Gasteiger partial charge in [0.2, 0.25) is 0 Å². The Morgan fingerprint density at radius 1 is 1.07 bits per heavy atom. The van der Waals surface area contributed by atoms with Crippen LogP contribution >= 0.6 is 0 Å². The molecular formula is C21H28N2O4. The number of hydrogen-bond donors (Lipinski definition) is 1. The highest BCUT2D eigenvalue weighted by Crippen LogP contribution is 2.18. The molecule has 2 rings (SSSR count). The largest absolute Gasteiger partial charge is 0.497 e. The molecule has 0 saturated carbocycles. The van der Waals surface area contributed by atoms with Gasteiger partial charge in [-0.2, -0.15) is 0 Å². The molecule has 0 radical (unpaired) electrons. The summed E-state index contributed by atoms with van der Waals surface area (Å²) in [5.41, 5.74) is 6.87. The van der Waals surface area contributed by atoms with Gasteiger partial charge in [-0.3, -0.25) is 0 Å². The van der Waals surface area contributed by atoms with E-state index in [0.717, 1.165) is 11.3 Å². The molecule has 0 fully saturated rings. The molecule has 1 amide bonds. The fraction of sp³-hybridized carbons (Fsp3) is 0.381. The van der Waals surface area contributed by atoms with Crippen LogP contribution in [0, 0.1) is 0 Å². The Balaban J connectivity index is 2.00. The summed E-state index contributed by atoms with van der Waals surface area (Å²) >= 11 is 0. The molecule has 6 nitrogen and oxygen atoms in total. The lowest BCUT2D eigenvalue weighted by Crippen LogP contribution is -2.38. The zero-order chi connectivity index (χ0) is 19.9. The first-order valence-electron chi connectivity index (χ1n) is 8.86. The highest BCUT2D eigenvalue weighted by Gasteiger charge is 2.22. The second-order valence-corrected chi connectivity index (χ2v) is 7.17. The van der Waals surface area contributed by atoms with Gasteiger partial charge in [-0.25, -0.2) is 4.79 Å². The van der Waals surface area contributed by atoms with Crippen LogP contribution in [0.1, 0.15) is 26.3 Å². The van der Waals surface area contributed by atoms with Crippen molar-refractivity contribution in [3.8, 4) is 11.5 Å². The topological polar surface area (TPSA) is 74.0 Å². The SMILES string of the molecule is COc1ccc(OCCN(Cc2cccc(N)c2)C(=O)OC(C)(C)C)cc1. The molecule has 0 bridgehead atoms. The first-order chi connectivity index (χ1) is 12.8. The second kappa shape index (κ2) is 9.16. The van der Waals surface area contributed by atoms with Gasteiger partial charge in [0.1, 0.15) is 23.7 Å². The first kappa shape index (κ1) is 20.4. The fourth-order valence-electron chi connectivity index (χ4n) is 2.42. The van der Waals surface area contributed by atoms with Crippen LogP contribution in [0.25, 0.3) is 0 Å². The molecule has 0 aliphatic carbocycles. The Morgan fingerprint density at radius 2 is 1.74 bits per heavy atom. The third kappa shape index (κ3) is 7.09. The first-order valence-corrected chi connectivity index (χ1v) is 8.86. The number of nitrogens with two attached hydrogens (primary N) is 1. The van der Waals surface area contributed by atoms with Crippen molar-refractivity contribution in [3.05, 3.63) is 54.1 Å². The Morgan fingerprint density at radius 3 is 2.33 bits per heavy atom. The molecule has 27 heavy (non-hydrogen) atoms. The molecule has 0 aliphatic rings. The van der Waals surface area contributed by atoms with E-state index >= 15 is 0 Å². The summed E-state index contributed by atoms with van der Waals surface area (Å²) in [6.45, 7) is 6.65. The summed E-state index contributed by atoms with van der Waals surface area (Å²) in [5.74, 6) is 1.48. The van der Waals surface area contributed by atoms with E-state index in [1.807, 2.05) is 69.3 Å². The molecule has 146 valence electrons. The van der Waals surface area contributed by atoms with Gasteiger partial charge in [0, 0.05) is 12.2 Å². The van der Waals surface area contributed by atoms with Crippen LogP contribution in [0.2, 0.25) is 0 Å². The van der Waals surface area contributed by atoms with Crippen molar-refractivity contribution >= 4 is 11.8 Å². The lowest BCUT2D eigenvalue weighted by atomic mass is 10.2. The number of amides is 1. The maximum absolute atomic E-state index is 12.6. The number of hydrogen-bond acceptors (Lipinski definition) is 5. The summed E-state index contributed by atoms with van der Waals surface area (Å²) < 4.78 is 16.4. The molecule has 0 atom stereocenters. The Bertz CT molecular complexity index is 739. The van der Waals surface area contributed by atoms with E-state index in [2.05, 4.69) is 0 Å². The minimum Gasteiger partial charge on any atom is -0.497 e. The second-order valence-electron chi connectivity index (χ2n) is 7.17. The highest BCUT2D eigenvalue weighted by molar-refractivity contribution is 5.68. The van der Waals surface area contributed by atoms with E-state index in [9.17, 15) is 4.79 Å². The Hall–Kier alpha value is -2.89. The van der Waals surface area contributed by atoms with Gasteiger partial charge in [0.15, 0.2) is 0 Å². The number of anilines is 1. The summed E-state index contributed by atoms with van der Waals surface area (Å²) in [6.07, 6.45) is -0.386. The number of carbonyl (C=O) groups excluding carboxylic acids is 1. The molecule has 0 unspecified atom stereocenters. The number of ether oxygens (including phenoxy) is 3. The van der Waals surface area contributed by atoms with E-state index in [1.54, 1.807) is 12.0 Å². The van der Waals surface area contributed by atoms with E-state index < -0.39 is 5.60 Å². The van der Waals surface area contributed by atoms with Gasteiger partial charge in [-0.05, 0) is 62.7 Å². The smallest absolute Gasteiger partial charge is 0.410 e. The molecule has 0 aliphatic heterocycles. The Labute approximate surface area is 160 Å². The van der Waals surface area contributed by atoms with Crippen LogP contribution in [0.15, 0.2) is 48.5 Å². The molecule has 0 aromatic heterocycles. The van der Waals surface area contributed by atoms with Gasteiger partial charge in [-0.15, -0.1) is 0 Å². The average Bonchev–Trinajstić information content (AvgIpc) is 2.60. The molecule has 2 aromatic rings. The van der Waals surface area contributed by atoms with Crippen LogP contribution < -0.4 is 15.2 Å². The normalized spacial score (nSPS) is 11.0. The van der Waals surface area contributed by atoms with Crippen molar-refractivity contribution in [2.75, 3.05) is 26.0 Å². The third-order valence-electron chi connectivity index (χ3n) is 3.67. The molecule has 2 N–H and O–H groups in total. The molecule has 6 heteroatoms. The van der Waals surface area contributed by atoms with Crippen molar-refractivity contribution in [3.63, 3.8) is 0 Å². The number of methoxy groups -OCH3 is 1. The van der Waals surface area contributed by atoms with Crippen LogP contribution in [-0.2, 0) is 11.3 Å². The van der Waals surface area contributed by atoms with E-state index in [4.69, 9.17) is 19.9 Å². The predicted octanol–water partition coefficient (Wildman–Crippen LogP) is 4.09. The van der Waals surface area contributed by atoms with Gasteiger partial charge in [0.05, 0.1) is 13.7 Å². The number of carbonyl (C=O) groups is 1. The van der Waals surface area contributed by atoms with Gasteiger partial charge in [-0.1, -0.05) is 12.1 Å². The van der Waals surface area contributed by atoms with Crippen molar-refractivity contribution in [2.45, 2.75) is 32.9 Å². The molecule has 0 saturated heterocycles. The van der Waals surface area contributed by atoms with Crippen LogP contribution in [-0.4, -0.2) is 36.9 Å². The molecule has 0 spiro atoms. The van der Waals surface area contributed by atoms with E-state index in [0.29, 0.717) is 31.1 Å². The third-order valence-corrected chi connectivity index (χ3v) is 3.67. The number of rotatable bonds is 7. The van der Waals surface area contributed by atoms with Crippen LogP contribution in [0.5, 0.6) is 11.5 Å². The summed E-state index contributed by atoms with van der Waals surface area (Å²) in [6, 6.07) is 14.8. The molecular weight excluding hydrogens is 344 g/mol. The zero-order valence-electron chi connectivity index (χ0n) is 16.4. The van der Waals surface area contributed by atoms with Gasteiger partial charge < -0.3 is 24.8 Å². The zero-order valence-corrected chi connectivity index (χ0v) is 16.4. The van der Waals surface area contributed by atoms with Gasteiger partial charge in [0.25, 0.3) is 0 Å². The lowest BCUT2D eigenvalue weighted by molar-refractivity contribution is 0.0209. The molecule has 0 heterocycles. The van der Waals surface area contributed by atoms with Crippen molar-refractivity contribution in [1.82, 2.24) is 4.90 Å². The van der Waals surface area contributed by atoms with E-state index in [-0.39, 0.29) is 6.09 Å². The maximum atomic E-state index is 12.6. The summed E-state index contributed by atoms with van der Waals surface area (Å²) in [5, 5.41) is 0. The van der Waals surface area contributed by atoms with Crippen molar-refractivity contribution < 1.29 is 19.0 Å². The predicted molar refractivity (Wildman–Crippen MR) is 106 cm³/mol. The van der Waals surface area contributed by atoms with Crippen molar-refractivity contribution in [1.29, 1.82) is 0 Å². The number of benzene rings is 2. The Kier molecular flexibility index (Phi) is 6.93. The minimum atomic E-state index is -0.568. The highest BCUT2D eigenvalue weighted by atomic mass is 16.6. The average molecular weight is 372 g/mol. The summed E-state index contributed by atoms with van der Waals surface area (Å²) in [4.78, 5) is 14.2. The lowest BCUT2D eigenvalue weighted by Gasteiger charge is -2.27. The minimum absolute atomic E-state index is 0.341. The quantitative estimate of drug-likeness (QED) is 0.741.